The van der Waals surface area contributed by atoms with Crippen molar-refractivity contribution < 1.29 is 9.59 Å². The van der Waals surface area contributed by atoms with Gasteiger partial charge in [-0.05, 0) is 12.8 Å². The van der Waals surface area contributed by atoms with Crippen LogP contribution in [-0.2, 0) is 9.59 Å². The highest BCUT2D eigenvalue weighted by atomic mass is 16.2. The van der Waals surface area contributed by atoms with E-state index in [1.54, 1.807) is 0 Å². The summed E-state index contributed by atoms with van der Waals surface area (Å²) in [5, 5.41) is 5.28. The third-order valence-electron chi connectivity index (χ3n) is 1.47. The second kappa shape index (κ2) is 7.58. The molecular weight excluding hydrogens is 168 g/mol. The minimum atomic E-state index is -0.199. The summed E-state index contributed by atoms with van der Waals surface area (Å²) in [5.74, 6) is -0.397. The van der Waals surface area contributed by atoms with Crippen LogP contribution in [0.2, 0.25) is 0 Å². The van der Waals surface area contributed by atoms with Crippen LogP contribution in [0.5, 0.6) is 0 Å². The molecule has 0 aliphatic rings. The molecule has 13 heavy (non-hydrogen) atoms. The predicted molar refractivity (Wildman–Crippen MR) is 51.2 cm³/mol. The van der Waals surface area contributed by atoms with Crippen molar-refractivity contribution in [2.24, 2.45) is 0 Å². The Labute approximate surface area is 79.1 Å². The molecule has 0 fully saturated rings. The van der Waals surface area contributed by atoms with Crippen LogP contribution in [0.15, 0.2) is 0 Å². The molecule has 0 aromatic heterocycles. The van der Waals surface area contributed by atoms with Crippen LogP contribution in [-0.4, -0.2) is 24.9 Å². The molecule has 0 heterocycles. The molecule has 0 aromatic rings. The Balaban J connectivity index is 3.47. The molecule has 0 saturated carbocycles. The van der Waals surface area contributed by atoms with Gasteiger partial charge >= 0.3 is 0 Å². The number of hydrogen-bond acceptors (Lipinski definition) is 2. The smallest absolute Gasteiger partial charge is 0.229 e. The highest BCUT2D eigenvalue weighted by Crippen LogP contribution is 1.82. The van der Waals surface area contributed by atoms with Gasteiger partial charge in [0.2, 0.25) is 11.8 Å². The van der Waals surface area contributed by atoms with Gasteiger partial charge in [-0.15, -0.1) is 0 Å². The fraction of sp³-hybridized carbons (Fsp3) is 0.778. The summed E-state index contributed by atoms with van der Waals surface area (Å²) < 4.78 is 0. The van der Waals surface area contributed by atoms with E-state index in [1.807, 2.05) is 13.8 Å². The number of hydrogen-bond donors (Lipinski definition) is 2. The first-order valence-electron chi connectivity index (χ1n) is 4.74. The fourth-order valence-electron chi connectivity index (χ4n) is 0.800. The maximum absolute atomic E-state index is 11.0. The van der Waals surface area contributed by atoms with E-state index < -0.39 is 0 Å². The average Bonchev–Trinajstić information content (AvgIpc) is 2.11. The van der Waals surface area contributed by atoms with Gasteiger partial charge in [0.15, 0.2) is 0 Å². The largest absolute Gasteiger partial charge is 0.356 e. The third-order valence-corrected chi connectivity index (χ3v) is 1.47. The van der Waals surface area contributed by atoms with Crippen LogP contribution in [0, 0.1) is 0 Å². The lowest BCUT2D eigenvalue weighted by atomic mass is 10.3. The van der Waals surface area contributed by atoms with Crippen molar-refractivity contribution in [2.75, 3.05) is 13.1 Å². The number of carbonyl (C=O) groups is 2. The van der Waals surface area contributed by atoms with Gasteiger partial charge in [0, 0.05) is 13.1 Å². The topological polar surface area (TPSA) is 58.2 Å². The second-order valence-corrected chi connectivity index (χ2v) is 2.88. The van der Waals surface area contributed by atoms with Gasteiger partial charge in [0.1, 0.15) is 6.42 Å². The van der Waals surface area contributed by atoms with Crippen molar-refractivity contribution in [1.29, 1.82) is 0 Å². The Kier molecular flexibility index (Phi) is 6.96. The number of carbonyl (C=O) groups excluding carboxylic acids is 2. The molecular formula is C9H18N2O2. The molecule has 0 radical (unpaired) electrons. The first-order chi connectivity index (χ1) is 6.20. The molecule has 4 nitrogen and oxygen atoms in total. The summed E-state index contributed by atoms with van der Waals surface area (Å²) in [6, 6.07) is 0. The van der Waals surface area contributed by atoms with E-state index in [4.69, 9.17) is 0 Å². The molecule has 0 unspecified atom stereocenters. The summed E-state index contributed by atoms with van der Waals surface area (Å²) in [4.78, 5) is 22.0. The van der Waals surface area contributed by atoms with Crippen LogP contribution in [0.4, 0.5) is 0 Å². The summed E-state index contributed by atoms with van der Waals surface area (Å²) in [7, 11) is 0. The van der Waals surface area contributed by atoms with E-state index in [-0.39, 0.29) is 18.2 Å². The molecule has 0 spiro atoms. The van der Waals surface area contributed by atoms with Gasteiger partial charge in [-0.1, -0.05) is 13.8 Å². The van der Waals surface area contributed by atoms with E-state index in [2.05, 4.69) is 10.6 Å². The van der Waals surface area contributed by atoms with E-state index in [0.29, 0.717) is 13.1 Å². The molecule has 0 saturated heterocycles. The van der Waals surface area contributed by atoms with Crippen LogP contribution in [0.25, 0.3) is 0 Å². The van der Waals surface area contributed by atoms with Crippen molar-refractivity contribution in [3.05, 3.63) is 0 Å². The molecule has 2 amide bonds. The van der Waals surface area contributed by atoms with Crippen LogP contribution >= 0.6 is 0 Å². The standard InChI is InChI=1S/C9H18N2O2/c1-3-5-10-8(12)7-9(13)11-6-4-2/h3-7H2,1-2H3,(H,10,12)(H,11,13). The molecule has 0 atom stereocenters. The van der Waals surface area contributed by atoms with Crippen LogP contribution in [0.1, 0.15) is 33.1 Å². The Bertz CT molecular complexity index is 151. The first kappa shape index (κ1) is 11.9. The minimum absolute atomic E-state index is 0.0556. The van der Waals surface area contributed by atoms with Gasteiger partial charge in [-0.2, -0.15) is 0 Å². The lowest BCUT2D eigenvalue weighted by Crippen LogP contribution is -2.32. The summed E-state index contributed by atoms with van der Waals surface area (Å²) in [5.41, 5.74) is 0. The molecule has 76 valence electrons. The second-order valence-electron chi connectivity index (χ2n) is 2.88. The molecule has 0 aliphatic carbocycles. The van der Waals surface area contributed by atoms with Crippen molar-refractivity contribution in [3.63, 3.8) is 0 Å². The van der Waals surface area contributed by atoms with E-state index in [9.17, 15) is 9.59 Å². The summed E-state index contributed by atoms with van der Waals surface area (Å²) >= 11 is 0. The molecule has 0 rings (SSSR count). The summed E-state index contributed by atoms with van der Waals surface area (Å²) in [6.07, 6.45) is 1.73. The predicted octanol–water partition coefficient (Wildman–Crippen LogP) is 0.429. The fourth-order valence-corrected chi connectivity index (χ4v) is 0.800. The van der Waals surface area contributed by atoms with E-state index in [0.717, 1.165) is 12.8 Å². The lowest BCUT2D eigenvalue weighted by Gasteiger charge is -2.03. The van der Waals surface area contributed by atoms with Crippen molar-refractivity contribution >= 4 is 11.8 Å². The molecule has 0 aromatic carbocycles. The van der Waals surface area contributed by atoms with E-state index >= 15 is 0 Å². The molecule has 0 bridgehead atoms. The maximum Gasteiger partial charge on any atom is 0.229 e. The van der Waals surface area contributed by atoms with Crippen molar-refractivity contribution in [3.8, 4) is 0 Å². The third kappa shape index (κ3) is 7.31. The minimum Gasteiger partial charge on any atom is -0.356 e. The Morgan fingerprint density at radius 3 is 1.62 bits per heavy atom. The van der Waals surface area contributed by atoms with Gasteiger partial charge in [-0.25, -0.2) is 0 Å². The Morgan fingerprint density at radius 1 is 0.923 bits per heavy atom. The zero-order valence-corrected chi connectivity index (χ0v) is 8.35. The lowest BCUT2D eigenvalue weighted by molar-refractivity contribution is -0.129. The van der Waals surface area contributed by atoms with Gasteiger partial charge in [-0.3, -0.25) is 9.59 Å². The SMILES string of the molecule is CCCNC(=O)CC(=O)NCCC. The maximum atomic E-state index is 11.0. The quantitative estimate of drug-likeness (QED) is 0.591. The average molecular weight is 186 g/mol. The van der Waals surface area contributed by atoms with Crippen LogP contribution in [0.3, 0.4) is 0 Å². The summed E-state index contributed by atoms with van der Waals surface area (Å²) in [6.45, 7) is 5.22. The Morgan fingerprint density at radius 2 is 1.31 bits per heavy atom. The molecule has 0 aliphatic heterocycles. The van der Waals surface area contributed by atoms with Gasteiger partial charge in [0.05, 0.1) is 0 Å². The first-order valence-corrected chi connectivity index (χ1v) is 4.74. The van der Waals surface area contributed by atoms with Crippen molar-refractivity contribution in [2.45, 2.75) is 33.1 Å². The zero-order chi connectivity index (χ0) is 10.1. The van der Waals surface area contributed by atoms with Gasteiger partial charge in [0.25, 0.3) is 0 Å². The zero-order valence-electron chi connectivity index (χ0n) is 8.35. The van der Waals surface area contributed by atoms with Crippen LogP contribution < -0.4 is 10.6 Å². The number of rotatable bonds is 6. The highest BCUT2D eigenvalue weighted by Gasteiger charge is 2.06. The normalized spacial score (nSPS) is 9.38. The monoisotopic (exact) mass is 186 g/mol. The number of amides is 2. The van der Waals surface area contributed by atoms with Crippen molar-refractivity contribution in [1.82, 2.24) is 10.6 Å². The van der Waals surface area contributed by atoms with E-state index in [1.165, 1.54) is 0 Å². The molecule has 2 N–H and O–H groups in total. The Hall–Kier alpha value is -1.06. The molecule has 4 heteroatoms. The number of nitrogens with one attached hydrogen (secondary N) is 2. The van der Waals surface area contributed by atoms with Gasteiger partial charge < -0.3 is 10.6 Å². The highest BCUT2D eigenvalue weighted by molar-refractivity contribution is 5.96.